The van der Waals surface area contributed by atoms with Crippen molar-refractivity contribution >= 4 is 17.8 Å². The largest absolute Gasteiger partial charge is 0.466 e. The van der Waals surface area contributed by atoms with Crippen molar-refractivity contribution in [3.8, 4) is 0 Å². The van der Waals surface area contributed by atoms with Crippen LogP contribution in [0.2, 0.25) is 0 Å². The first-order chi connectivity index (χ1) is 11.6. The number of esters is 1. The summed E-state index contributed by atoms with van der Waals surface area (Å²) in [5.74, 6) is -0.804. The van der Waals surface area contributed by atoms with Gasteiger partial charge in [0.1, 0.15) is 0 Å². The Kier molecular flexibility index (Phi) is 6.53. The lowest BCUT2D eigenvalue weighted by molar-refractivity contribution is -0.148. The Bertz CT molecular complexity index is 576. The van der Waals surface area contributed by atoms with Crippen molar-refractivity contribution < 1.29 is 19.1 Å². The molecule has 5 heteroatoms. The zero-order valence-corrected chi connectivity index (χ0v) is 14.4. The van der Waals surface area contributed by atoms with E-state index in [2.05, 4.69) is 6.92 Å². The van der Waals surface area contributed by atoms with E-state index in [-0.39, 0.29) is 23.7 Å². The van der Waals surface area contributed by atoms with E-state index < -0.39 is 0 Å². The molecular weight excluding hydrogens is 306 g/mol. The summed E-state index contributed by atoms with van der Waals surface area (Å²) in [5, 5.41) is 0. The van der Waals surface area contributed by atoms with E-state index in [1.54, 1.807) is 31.2 Å². The lowest BCUT2D eigenvalue weighted by Gasteiger charge is -2.18. The van der Waals surface area contributed by atoms with Crippen LogP contribution >= 0.6 is 0 Å². The normalized spacial score (nSPS) is 14.7. The third-order valence-electron chi connectivity index (χ3n) is 4.34. The van der Waals surface area contributed by atoms with Crippen molar-refractivity contribution in [2.24, 2.45) is 5.92 Å². The quantitative estimate of drug-likeness (QED) is 0.514. The van der Waals surface area contributed by atoms with Gasteiger partial charge in [0, 0.05) is 6.54 Å². The molecule has 1 aliphatic rings. The monoisotopic (exact) mass is 331 g/mol. The maximum absolute atomic E-state index is 12.3. The highest BCUT2D eigenvalue weighted by Gasteiger charge is 2.34. The molecule has 130 valence electrons. The number of nitrogens with zero attached hydrogens (tertiary/aromatic N) is 1. The van der Waals surface area contributed by atoms with Gasteiger partial charge < -0.3 is 4.74 Å². The van der Waals surface area contributed by atoms with Gasteiger partial charge in [-0.15, -0.1) is 0 Å². The number of carbonyl (C=O) groups excluding carboxylic acids is 3. The Hall–Kier alpha value is -2.17. The maximum atomic E-state index is 12.3. The highest BCUT2D eigenvalue weighted by Crippen LogP contribution is 2.24. The van der Waals surface area contributed by atoms with Crippen molar-refractivity contribution in [1.29, 1.82) is 0 Å². The van der Waals surface area contributed by atoms with Crippen LogP contribution in [0.3, 0.4) is 0 Å². The summed E-state index contributed by atoms with van der Waals surface area (Å²) < 4.78 is 5.13. The van der Waals surface area contributed by atoms with Crippen molar-refractivity contribution in [2.75, 3.05) is 13.2 Å². The Morgan fingerprint density at radius 3 is 2.17 bits per heavy atom. The average molecular weight is 331 g/mol. The maximum Gasteiger partial charge on any atom is 0.308 e. The van der Waals surface area contributed by atoms with Gasteiger partial charge in [0.2, 0.25) is 0 Å². The van der Waals surface area contributed by atoms with Gasteiger partial charge in [-0.2, -0.15) is 0 Å². The summed E-state index contributed by atoms with van der Waals surface area (Å²) in [6.07, 6.45) is 4.02. The minimum Gasteiger partial charge on any atom is -0.466 e. The third-order valence-corrected chi connectivity index (χ3v) is 4.34. The molecule has 0 N–H and O–H groups in total. The first kappa shape index (κ1) is 18.2. The molecule has 1 unspecified atom stereocenters. The number of unbranched alkanes of at least 4 members (excludes halogenated alkanes) is 1. The molecule has 0 saturated carbocycles. The second kappa shape index (κ2) is 8.62. The lowest BCUT2D eigenvalue weighted by atomic mass is 9.97. The van der Waals surface area contributed by atoms with Crippen LogP contribution in [0.5, 0.6) is 0 Å². The molecule has 1 heterocycles. The van der Waals surface area contributed by atoms with Crippen molar-refractivity contribution in [3.63, 3.8) is 0 Å². The Balaban J connectivity index is 1.91. The van der Waals surface area contributed by atoms with Crippen LogP contribution in [0.1, 0.15) is 66.7 Å². The standard InChI is InChI=1S/C19H25NO4/c1-3-5-9-14(19(23)24-4-2)10-8-13-20-17(21)15-11-6-7-12-16(15)18(20)22/h6-7,11-12,14H,3-5,8-10,13H2,1-2H3. The molecule has 0 spiro atoms. The summed E-state index contributed by atoms with van der Waals surface area (Å²) in [7, 11) is 0. The predicted molar refractivity (Wildman–Crippen MR) is 90.7 cm³/mol. The molecule has 0 aromatic heterocycles. The molecule has 1 atom stereocenters. The van der Waals surface area contributed by atoms with Gasteiger partial charge in [0.05, 0.1) is 23.7 Å². The molecule has 24 heavy (non-hydrogen) atoms. The minimum absolute atomic E-state index is 0.153. The Morgan fingerprint density at radius 1 is 1.04 bits per heavy atom. The van der Waals surface area contributed by atoms with Gasteiger partial charge in [-0.1, -0.05) is 31.9 Å². The molecule has 1 aromatic rings. The van der Waals surface area contributed by atoms with E-state index >= 15 is 0 Å². The van der Waals surface area contributed by atoms with Gasteiger partial charge in [0.25, 0.3) is 11.8 Å². The van der Waals surface area contributed by atoms with E-state index in [4.69, 9.17) is 4.74 Å². The molecule has 0 saturated heterocycles. The molecular formula is C19H25NO4. The smallest absolute Gasteiger partial charge is 0.308 e. The van der Waals surface area contributed by atoms with E-state index in [9.17, 15) is 14.4 Å². The summed E-state index contributed by atoms with van der Waals surface area (Å²) in [6, 6.07) is 6.88. The fourth-order valence-corrected chi connectivity index (χ4v) is 3.03. The van der Waals surface area contributed by atoms with Crippen molar-refractivity contribution in [1.82, 2.24) is 4.90 Å². The second-order valence-electron chi connectivity index (χ2n) is 6.04. The van der Waals surface area contributed by atoms with Gasteiger partial charge >= 0.3 is 5.97 Å². The molecule has 2 rings (SSSR count). The topological polar surface area (TPSA) is 63.7 Å². The van der Waals surface area contributed by atoms with E-state index in [0.29, 0.717) is 37.1 Å². The van der Waals surface area contributed by atoms with Crippen LogP contribution in [-0.4, -0.2) is 35.8 Å². The summed E-state index contributed by atoms with van der Waals surface area (Å²) >= 11 is 0. The summed E-state index contributed by atoms with van der Waals surface area (Å²) in [5.41, 5.74) is 0.936. The van der Waals surface area contributed by atoms with Gasteiger partial charge in [-0.05, 0) is 38.3 Å². The number of benzene rings is 1. The van der Waals surface area contributed by atoms with E-state index in [1.165, 1.54) is 4.90 Å². The summed E-state index contributed by atoms with van der Waals surface area (Å²) in [4.78, 5) is 37.9. The number of rotatable bonds is 9. The molecule has 5 nitrogen and oxygen atoms in total. The van der Waals surface area contributed by atoms with Crippen LogP contribution in [0, 0.1) is 5.92 Å². The first-order valence-corrected chi connectivity index (χ1v) is 8.72. The fourth-order valence-electron chi connectivity index (χ4n) is 3.03. The van der Waals surface area contributed by atoms with Crippen LogP contribution in [0.4, 0.5) is 0 Å². The van der Waals surface area contributed by atoms with Gasteiger partial charge in [-0.3, -0.25) is 19.3 Å². The fraction of sp³-hybridized carbons (Fsp3) is 0.526. The minimum atomic E-state index is -0.239. The molecule has 0 fully saturated rings. The van der Waals surface area contributed by atoms with Crippen LogP contribution in [-0.2, 0) is 9.53 Å². The van der Waals surface area contributed by atoms with Crippen molar-refractivity contribution in [2.45, 2.75) is 46.0 Å². The molecule has 1 aromatic carbocycles. The number of ether oxygens (including phenoxy) is 1. The van der Waals surface area contributed by atoms with Gasteiger partial charge in [-0.25, -0.2) is 0 Å². The highest BCUT2D eigenvalue weighted by molar-refractivity contribution is 6.21. The van der Waals surface area contributed by atoms with Crippen molar-refractivity contribution in [3.05, 3.63) is 35.4 Å². The zero-order valence-electron chi connectivity index (χ0n) is 14.4. The number of carbonyl (C=O) groups is 3. The Labute approximate surface area is 143 Å². The predicted octanol–water partition coefficient (Wildman–Crippen LogP) is 3.43. The molecule has 1 aliphatic heterocycles. The highest BCUT2D eigenvalue weighted by atomic mass is 16.5. The van der Waals surface area contributed by atoms with Gasteiger partial charge in [0.15, 0.2) is 0 Å². The van der Waals surface area contributed by atoms with Crippen LogP contribution in [0.25, 0.3) is 0 Å². The lowest BCUT2D eigenvalue weighted by Crippen LogP contribution is -2.31. The SMILES string of the molecule is CCCCC(CCCN1C(=O)c2ccccc2C1=O)C(=O)OCC. The van der Waals surface area contributed by atoms with Crippen LogP contribution < -0.4 is 0 Å². The second-order valence-corrected chi connectivity index (χ2v) is 6.04. The molecule has 0 radical (unpaired) electrons. The third kappa shape index (κ3) is 4.02. The Morgan fingerprint density at radius 2 is 1.62 bits per heavy atom. The van der Waals surface area contributed by atoms with E-state index in [0.717, 1.165) is 19.3 Å². The number of hydrogen-bond acceptors (Lipinski definition) is 4. The number of hydrogen-bond donors (Lipinski definition) is 0. The van der Waals surface area contributed by atoms with E-state index in [1.807, 2.05) is 0 Å². The number of fused-ring (bicyclic) bond motifs is 1. The number of amides is 2. The average Bonchev–Trinajstić information content (AvgIpc) is 2.83. The first-order valence-electron chi connectivity index (χ1n) is 8.72. The molecule has 0 bridgehead atoms. The summed E-state index contributed by atoms with van der Waals surface area (Å²) in [6.45, 7) is 4.60. The number of imide groups is 1. The molecule has 2 amide bonds. The zero-order chi connectivity index (χ0) is 17.5. The molecule has 0 aliphatic carbocycles. The van der Waals surface area contributed by atoms with Crippen LogP contribution in [0.15, 0.2) is 24.3 Å².